The molecule has 0 spiro atoms. The molecule has 0 aliphatic rings. The number of hydrogen-bond donors (Lipinski definition) is 0. The molecule has 17 rings (SSSR count). The molecular formula is C88H70N4. The molecule has 0 unspecified atom stereocenters. The molecule has 4 nitrogen and oxygen atoms in total. The number of anilines is 6. The highest BCUT2D eigenvalue weighted by Gasteiger charge is 2.31. The van der Waals surface area contributed by atoms with E-state index in [-0.39, 0.29) is 10.8 Å². The van der Waals surface area contributed by atoms with Crippen LogP contribution in [0.15, 0.2) is 279 Å². The number of aryl methyl sites for hydroxylation is 2. The molecule has 0 aliphatic heterocycles. The van der Waals surface area contributed by atoms with Crippen LogP contribution >= 0.6 is 0 Å². The van der Waals surface area contributed by atoms with E-state index < -0.39 is 0 Å². The lowest BCUT2D eigenvalue weighted by atomic mass is 9.84. The molecule has 0 saturated carbocycles. The van der Waals surface area contributed by atoms with Crippen molar-refractivity contribution in [2.24, 2.45) is 0 Å². The number of nitrogens with zero attached hydrogens (tertiary/aromatic N) is 4. The molecule has 0 fully saturated rings. The topological polar surface area (TPSA) is 15.3 Å². The highest BCUT2D eigenvalue weighted by molar-refractivity contribution is 6.32. The molecule has 0 aliphatic carbocycles. The van der Waals surface area contributed by atoms with Gasteiger partial charge < -0.3 is 18.6 Å². The van der Waals surface area contributed by atoms with E-state index in [1.807, 2.05) is 0 Å². The summed E-state index contributed by atoms with van der Waals surface area (Å²) in [5.41, 5.74) is 28.4. The first-order valence-electron chi connectivity index (χ1n) is 32.4. The second kappa shape index (κ2) is 20.8. The summed E-state index contributed by atoms with van der Waals surface area (Å²) in [5.74, 6) is 0. The molecule has 0 atom stereocenters. The van der Waals surface area contributed by atoms with Gasteiger partial charge in [0.2, 0.25) is 0 Å². The fourth-order valence-corrected chi connectivity index (χ4v) is 15.1. The molecule has 0 bridgehead atoms. The van der Waals surface area contributed by atoms with Gasteiger partial charge in [0.1, 0.15) is 0 Å². The van der Waals surface area contributed by atoms with Crippen LogP contribution in [-0.2, 0) is 10.8 Å². The average molecular weight is 1180 g/mol. The zero-order chi connectivity index (χ0) is 62.3. The number of hydrogen-bond acceptors (Lipinski definition) is 2. The summed E-state index contributed by atoms with van der Waals surface area (Å²) in [6.07, 6.45) is 0. The third kappa shape index (κ3) is 8.72. The van der Waals surface area contributed by atoms with Gasteiger partial charge >= 0.3 is 0 Å². The quantitative estimate of drug-likeness (QED) is 0.136. The van der Waals surface area contributed by atoms with E-state index in [1.54, 1.807) is 0 Å². The number of fused-ring (bicyclic) bond motifs is 12. The van der Waals surface area contributed by atoms with Crippen LogP contribution in [0.1, 0.15) is 63.8 Å². The molecular weight excluding hydrogens is 1110 g/mol. The van der Waals surface area contributed by atoms with E-state index in [2.05, 4.69) is 353 Å². The van der Waals surface area contributed by atoms with Crippen LogP contribution in [-0.4, -0.2) is 8.80 Å². The Labute approximate surface area is 537 Å². The van der Waals surface area contributed by atoms with E-state index in [0.717, 1.165) is 34.1 Å². The smallest absolute Gasteiger partial charge is 0.0641 e. The SMILES string of the molecule is Cc1cccc(-c2cc(C(C)(C)C)ccc2N(c2cccc(-c3ccccc3)c2)c2ccc3c4cc5c(cc4n4c6ccccc6c2c34)c2ccc(N(c3cccc(-c4ccccc4)c3)c3ccc(C(C)(C)C)cc3-c3cccc(C)c3)c3c4ccccc4n5c23)c1. The van der Waals surface area contributed by atoms with Gasteiger partial charge in [0.25, 0.3) is 0 Å². The van der Waals surface area contributed by atoms with Gasteiger partial charge in [0, 0.05) is 65.6 Å². The maximum Gasteiger partial charge on any atom is 0.0641 e. The predicted octanol–water partition coefficient (Wildman–Crippen LogP) is 24.8. The van der Waals surface area contributed by atoms with Gasteiger partial charge in [-0.15, -0.1) is 0 Å². The van der Waals surface area contributed by atoms with Crippen molar-refractivity contribution in [3.8, 4) is 44.5 Å². The minimum absolute atomic E-state index is 0.0651. The van der Waals surface area contributed by atoms with Crippen molar-refractivity contribution in [3.05, 3.63) is 301 Å². The van der Waals surface area contributed by atoms with Crippen molar-refractivity contribution in [1.29, 1.82) is 0 Å². The van der Waals surface area contributed by atoms with E-state index in [1.165, 1.54) is 143 Å². The summed E-state index contributed by atoms with van der Waals surface area (Å²) >= 11 is 0. The molecule has 4 heteroatoms. The maximum atomic E-state index is 2.58. The Kier molecular flexibility index (Phi) is 12.5. The van der Waals surface area contributed by atoms with Gasteiger partial charge in [-0.2, -0.15) is 0 Å². The van der Waals surface area contributed by atoms with E-state index in [0.29, 0.717) is 0 Å². The second-order valence-corrected chi connectivity index (χ2v) is 27.5. The normalized spacial score (nSPS) is 12.3. The predicted molar refractivity (Wildman–Crippen MR) is 394 cm³/mol. The van der Waals surface area contributed by atoms with Crippen molar-refractivity contribution >= 4 is 110 Å². The van der Waals surface area contributed by atoms with Gasteiger partial charge in [-0.25, -0.2) is 0 Å². The first-order chi connectivity index (χ1) is 44.7. The Bertz CT molecular complexity index is 5390. The van der Waals surface area contributed by atoms with Crippen LogP contribution in [0.4, 0.5) is 34.1 Å². The van der Waals surface area contributed by atoms with E-state index in [9.17, 15) is 0 Å². The molecule has 0 radical (unpaired) electrons. The summed E-state index contributed by atoms with van der Waals surface area (Å²) in [6, 6.07) is 105. The molecule has 92 heavy (non-hydrogen) atoms. The molecule has 0 N–H and O–H groups in total. The van der Waals surface area contributed by atoms with Crippen LogP contribution in [0.2, 0.25) is 0 Å². The van der Waals surface area contributed by atoms with Crippen LogP contribution < -0.4 is 9.80 Å². The van der Waals surface area contributed by atoms with Crippen LogP contribution in [0.5, 0.6) is 0 Å². The number of rotatable bonds is 10. The molecule has 442 valence electrons. The fourth-order valence-electron chi connectivity index (χ4n) is 15.1. The average Bonchev–Trinajstić information content (AvgIpc) is 1.51. The lowest BCUT2D eigenvalue weighted by Crippen LogP contribution is -2.15. The summed E-state index contributed by atoms with van der Waals surface area (Å²) in [6.45, 7) is 18.3. The number of benzene rings is 13. The summed E-state index contributed by atoms with van der Waals surface area (Å²) < 4.78 is 5.16. The van der Waals surface area contributed by atoms with Gasteiger partial charge in [-0.3, -0.25) is 0 Å². The molecule has 0 saturated heterocycles. The van der Waals surface area contributed by atoms with Gasteiger partial charge in [0.15, 0.2) is 0 Å². The summed E-state index contributed by atoms with van der Waals surface area (Å²) in [5, 5.41) is 9.82. The first-order valence-corrected chi connectivity index (χ1v) is 32.4. The molecule has 13 aromatic carbocycles. The van der Waals surface area contributed by atoms with Gasteiger partial charge in [-0.1, -0.05) is 247 Å². The zero-order valence-electron chi connectivity index (χ0n) is 53.3. The number of para-hydroxylation sites is 2. The number of aromatic nitrogens is 2. The van der Waals surface area contributed by atoms with E-state index >= 15 is 0 Å². The lowest BCUT2D eigenvalue weighted by molar-refractivity contribution is 0.590. The largest absolute Gasteiger partial charge is 0.309 e. The molecule has 4 aromatic heterocycles. The highest BCUT2D eigenvalue weighted by Crippen LogP contribution is 2.54. The third-order valence-corrected chi connectivity index (χ3v) is 19.5. The van der Waals surface area contributed by atoms with Crippen molar-refractivity contribution in [2.75, 3.05) is 9.80 Å². The van der Waals surface area contributed by atoms with Crippen molar-refractivity contribution in [1.82, 2.24) is 8.80 Å². The Hall–Kier alpha value is -10.9. The molecule has 4 heterocycles. The summed E-state index contributed by atoms with van der Waals surface area (Å²) in [4.78, 5) is 5.10. The molecule has 17 aromatic rings. The van der Waals surface area contributed by atoms with Crippen molar-refractivity contribution in [3.63, 3.8) is 0 Å². The Morgan fingerprint density at radius 1 is 0.261 bits per heavy atom. The second-order valence-electron chi connectivity index (χ2n) is 27.5. The van der Waals surface area contributed by atoms with Crippen LogP contribution in [0, 0.1) is 13.8 Å². The third-order valence-electron chi connectivity index (χ3n) is 19.5. The van der Waals surface area contributed by atoms with Gasteiger partial charge in [0.05, 0.1) is 55.8 Å². The monoisotopic (exact) mass is 1180 g/mol. The minimum Gasteiger partial charge on any atom is -0.309 e. The maximum absolute atomic E-state index is 2.58. The fraction of sp³-hybridized carbons (Fsp3) is 0.114. The summed E-state index contributed by atoms with van der Waals surface area (Å²) in [7, 11) is 0. The van der Waals surface area contributed by atoms with Crippen molar-refractivity contribution in [2.45, 2.75) is 66.2 Å². The Balaban J connectivity index is 0.933. The molecule has 0 amide bonds. The zero-order valence-corrected chi connectivity index (χ0v) is 53.3. The Morgan fingerprint density at radius 2 is 0.630 bits per heavy atom. The van der Waals surface area contributed by atoms with Crippen LogP contribution in [0.25, 0.3) is 121 Å². The van der Waals surface area contributed by atoms with E-state index in [4.69, 9.17) is 0 Å². The first kappa shape index (κ1) is 55.2. The van der Waals surface area contributed by atoms with Crippen LogP contribution in [0.3, 0.4) is 0 Å². The highest BCUT2D eigenvalue weighted by atomic mass is 15.2. The Morgan fingerprint density at radius 3 is 1.04 bits per heavy atom. The minimum atomic E-state index is -0.0651. The lowest BCUT2D eigenvalue weighted by Gasteiger charge is -2.31. The van der Waals surface area contributed by atoms with Gasteiger partial charge in [-0.05, 0) is 154 Å². The standard InChI is InChI=1S/C88H70N4/c1-55-23-19-31-61(47-55)71-51-63(87(3,4)5)39-43-77(71)89(65-33-21-29-59(49-65)57-25-11-9-12-26-57)79-45-41-67-73-53-82-74(54-81(73)91-75-37-17-15-35-69(75)83(79)85(67)91)68-42-46-80(84-70-36-16-18-38-76(70)92(82)86(68)84)90(66-34-22-30-60(50-66)58-27-13-10-14-28-58)78-44-40-64(88(6,7)8)52-72(78)62-32-20-24-56(2)48-62/h9-54H,1-8H3. The van der Waals surface area contributed by atoms with Crippen molar-refractivity contribution < 1.29 is 0 Å².